The number of likely N-dealkylation sites (tertiary alicyclic amines) is 1. The van der Waals surface area contributed by atoms with E-state index in [1.807, 2.05) is 12.1 Å². The van der Waals surface area contributed by atoms with Gasteiger partial charge in [0.2, 0.25) is 5.43 Å². The number of aromatic hydroxyl groups is 1. The number of hydrogen-bond acceptors (Lipinski definition) is 3. The zero-order valence-electron chi connectivity index (χ0n) is 15.3. The summed E-state index contributed by atoms with van der Waals surface area (Å²) in [4.78, 5) is 14.5. The van der Waals surface area contributed by atoms with Gasteiger partial charge in [-0.25, -0.2) is 0 Å². The monoisotopic (exact) mass is 384 g/mol. The third kappa shape index (κ3) is 3.47. The second kappa shape index (κ2) is 7.37. The third-order valence-corrected chi connectivity index (χ3v) is 5.92. The first kappa shape index (κ1) is 18.1. The smallest absolute Gasteiger partial charge is 0.200 e. The maximum absolute atomic E-state index is 13.1. The van der Waals surface area contributed by atoms with Crippen LogP contribution in [-0.4, -0.2) is 18.2 Å². The molecule has 5 heteroatoms. The number of piperidine rings is 1. The largest absolute Gasteiger partial charge is 0.507 e. The molecule has 0 spiro atoms. The van der Waals surface area contributed by atoms with Crippen LogP contribution in [0.3, 0.4) is 0 Å². The van der Waals surface area contributed by atoms with Crippen LogP contribution in [0.5, 0.6) is 5.75 Å². The van der Waals surface area contributed by atoms with Crippen LogP contribution in [0, 0.1) is 5.92 Å². The minimum atomic E-state index is -0.132. The lowest BCUT2D eigenvalue weighted by atomic mass is 9.98. The first-order chi connectivity index (χ1) is 13.0. The lowest BCUT2D eigenvalue weighted by Crippen LogP contribution is -3.11. The summed E-state index contributed by atoms with van der Waals surface area (Å²) in [6, 6.07) is 10.5. The molecule has 3 aromatic rings. The van der Waals surface area contributed by atoms with Crippen molar-refractivity contribution in [2.24, 2.45) is 5.92 Å². The van der Waals surface area contributed by atoms with E-state index < -0.39 is 0 Å². The van der Waals surface area contributed by atoms with E-state index in [1.54, 1.807) is 24.3 Å². The Morgan fingerprint density at radius 2 is 1.89 bits per heavy atom. The highest BCUT2D eigenvalue weighted by molar-refractivity contribution is 6.33. The predicted molar refractivity (Wildman–Crippen MR) is 107 cm³/mol. The van der Waals surface area contributed by atoms with Crippen molar-refractivity contribution in [3.63, 3.8) is 0 Å². The van der Waals surface area contributed by atoms with Gasteiger partial charge in [0.05, 0.1) is 29.6 Å². The molecular weight excluding hydrogens is 362 g/mol. The summed E-state index contributed by atoms with van der Waals surface area (Å²) in [5.74, 6) is 0.938. The number of phenolic OH excluding ortho intramolecular Hbond substituents is 1. The summed E-state index contributed by atoms with van der Waals surface area (Å²) in [7, 11) is 0. The van der Waals surface area contributed by atoms with Gasteiger partial charge < -0.3 is 14.4 Å². The molecule has 0 bridgehead atoms. The summed E-state index contributed by atoms with van der Waals surface area (Å²) in [5.41, 5.74) is 2.14. The summed E-state index contributed by atoms with van der Waals surface area (Å²) in [6.45, 7) is 5.07. The van der Waals surface area contributed by atoms with Crippen LogP contribution in [0.2, 0.25) is 5.02 Å². The van der Waals surface area contributed by atoms with E-state index in [-0.39, 0.29) is 11.2 Å². The molecule has 0 amide bonds. The van der Waals surface area contributed by atoms with E-state index in [2.05, 4.69) is 6.92 Å². The van der Waals surface area contributed by atoms with Gasteiger partial charge in [0.15, 0.2) is 0 Å². The van der Waals surface area contributed by atoms with Crippen molar-refractivity contribution in [1.29, 1.82) is 0 Å². The summed E-state index contributed by atoms with van der Waals surface area (Å²) < 4.78 is 5.88. The zero-order valence-corrected chi connectivity index (χ0v) is 16.1. The maximum Gasteiger partial charge on any atom is 0.200 e. The van der Waals surface area contributed by atoms with Crippen molar-refractivity contribution < 1.29 is 14.4 Å². The molecule has 4 rings (SSSR count). The van der Waals surface area contributed by atoms with Crippen LogP contribution < -0.4 is 10.3 Å². The van der Waals surface area contributed by atoms with E-state index in [0.717, 1.165) is 19.0 Å². The fraction of sp³-hybridized carbons (Fsp3) is 0.318. The minimum absolute atomic E-state index is 0.132. The first-order valence-corrected chi connectivity index (χ1v) is 9.77. The standard InChI is InChI=1S/C22H22ClNO3/c1-14-8-10-24(11-9-14)12-17-20(25)7-6-16-21(26)18(13-27-22(16)17)15-4-2-3-5-19(15)23/h2-7,13-14,25H,8-12H2,1H3/p+1. The summed E-state index contributed by atoms with van der Waals surface area (Å²) in [6.07, 6.45) is 3.82. The molecule has 1 aliphatic heterocycles. The molecule has 0 unspecified atom stereocenters. The average molecular weight is 385 g/mol. The van der Waals surface area contributed by atoms with E-state index in [9.17, 15) is 9.90 Å². The quantitative estimate of drug-likeness (QED) is 0.725. The molecule has 1 saturated heterocycles. The van der Waals surface area contributed by atoms with Crippen LogP contribution in [0.15, 0.2) is 51.9 Å². The highest BCUT2D eigenvalue weighted by Crippen LogP contribution is 2.30. The molecule has 1 aliphatic rings. The third-order valence-electron chi connectivity index (χ3n) is 5.59. The number of phenols is 1. The topological polar surface area (TPSA) is 54.9 Å². The Bertz CT molecular complexity index is 1040. The normalized spacial score (nSPS) is 20.1. The summed E-state index contributed by atoms with van der Waals surface area (Å²) >= 11 is 6.26. The molecule has 27 heavy (non-hydrogen) atoms. The van der Waals surface area contributed by atoms with Gasteiger partial charge in [0.25, 0.3) is 0 Å². The van der Waals surface area contributed by atoms with Crippen molar-refractivity contribution in [1.82, 2.24) is 0 Å². The van der Waals surface area contributed by atoms with Crippen molar-refractivity contribution >= 4 is 22.6 Å². The highest BCUT2D eigenvalue weighted by Gasteiger charge is 2.23. The van der Waals surface area contributed by atoms with E-state index >= 15 is 0 Å². The Morgan fingerprint density at radius 1 is 1.15 bits per heavy atom. The number of fused-ring (bicyclic) bond motifs is 1. The fourth-order valence-corrected chi connectivity index (χ4v) is 4.12. The van der Waals surface area contributed by atoms with Gasteiger partial charge in [-0.15, -0.1) is 0 Å². The van der Waals surface area contributed by atoms with Crippen LogP contribution in [-0.2, 0) is 6.54 Å². The number of hydrogen-bond donors (Lipinski definition) is 2. The Hall–Kier alpha value is -2.30. The minimum Gasteiger partial charge on any atom is -0.507 e. The van der Waals surface area contributed by atoms with Crippen LogP contribution in [0.4, 0.5) is 0 Å². The molecule has 2 heterocycles. The second-order valence-electron chi connectivity index (χ2n) is 7.51. The highest BCUT2D eigenvalue weighted by atomic mass is 35.5. The first-order valence-electron chi connectivity index (χ1n) is 9.39. The molecule has 0 aliphatic carbocycles. The Balaban J connectivity index is 1.78. The van der Waals surface area contributed by atoms with Gasteiger partial charge in [-0.3, -0.25) is 4.79 Å². The molecule has 0 radical (unpaired) electrons. The molecular formula is C22H23ClNO3+. The van der Waals surface area contributed by atoms with Crippen LogP contribution >= 0.6 is 11.6 Å². The molecule has 4 nitrogen and oxygen atoms in total. The lowest BCUT2D eigenvalue weighted by Gasteiger charge is -2.27. The van der Waals surface area contributed by atoms with Crippen LogP contribution in [0.1, 0.15) is 25.3 Å². The maximum atomic E-state index is 13.1. The number of rotatable bonds is 3. The second-order valence-corrected chi connectivity index (χ2v) is 7.91. The molecule has 0 atom stereocenters. The Labute approximate surface area is 163 Å². The molecule has 1 fully saturated rings. The van der Waals surface area contributed by atoms with Gasteiger partial charge in [0.1, 0.15) is 24.1 Å². The van der Waals surface area contributed by atoms with Gasteiger partial charge in [-0.1, -0.05) is 36.7 Å². The van der Waals surface area contributed by atoms with Gasteiger partial charge >= 0.3 is 0 Å². The average Bonchev–Trinajstić information content (AvgIpc) is 2.67. The van der Waals surface area contributed by atoms with E-state index in [0.29, 0.717) is 39.2 Å². The molecule has 1 aromatic heterocycles. The number of halogens is 1. The van der Waals surface area contributed by atoms with Crippen molar-refractivity contribution in [3.05, 3.63) is 63.5 Å². The predicted octanol–water partition coefficient (Wildman–Crippen LogP) is 3.63. The van der Waals surface area contributed by atoms with E-state index in [1.165, 1.54) is 24.0 Å². The van der Waals surface area contributed by atoms with Gasteiger partial charge in [0, 0.05) is 10.6 Å². The fourth-order valence-electron chi connectivity index (χ4n) is 3.88. The van der Waals surface area contributed by atoms with Crippen molar-refractivity contribution in [2.75, 3.05) is 13.1 Å². The van der Waals surface area contributed by atoms with Crippen LogP contribution in [0.25, 0.3) is 22.1 Å². The SMILES string of the molecule is CC1CC[NH+](Cc2c(O)ccc3c(=O)c(-c4ccccc4Cl)coc23)CC1. The number of benzene rings is 2. The van der Waals surface area contributed by atoms with Gasteiger partial charge in [-0.2, -0.15) is 0 Å². The lowest BCUT2D eigenvalue weighted by molar-refractivity contribution is -0.919. The number of quaternary nitrogens is 1. The van der Waals surface area contributed by atoms with E-state index in [4.69, 9.17) is 16.0 Å². The van der Waals surface area contributed by atoms with Gasteiger partial charge in [-0.05, 0) is 37.0 Å². The summed E-state index contributed by atoms with van der Waals surface area (Å²) in [5, 5.41) is 11.4. The molecule has 2 N–H and O–H groups in total. The molecule has 140 valence electrons. The number of nitrogens with one attached hydrogen (secondary N) is 1. The zero-order chi connectivity index (χ0) is 19.0. The Morgan fingerprint density at radius 3 is 2.63 bits per heavy atom. The van der Waals surface area contributed by atoms with Crippen molar-refractivity contribution in [2.45, 2.75) is 26.3 Å². The molecule has 2 aromatic carbocycles. The van der Waals surface area contributed by atoms with Crippen molar-refractivity contribution in [3.8, 4) is 16.9 Å². The molecule has 0 saturated carbocycles. The Kier molecular flexibility index (Phi) is 4.94.